The molecule has 0 spiro atoms. The third kappa shape index (κ3) is 2.12. The van der Waals surface area contributed by atoms with E-state index in [-0.39, 0.29) is 5.41 Å². The fourth-order valence-electron chi connectivity index (χ4n) is 3.34. The third-order valence-corrected chi connectivity index (χ3v) is 4.40. The molecule has 3 rings (SSSR count). The van der Waals surface area contributed by atoms with Gasteiger partial charge in [0, 0.05) is 5.41 Å². The zero-order valence-corrected chi connectivity index (χ0v) is 11.3. The molecule has 0 heteroatoms. The smallest absolute Gasteiger partial charge is 0.0234 e. The van der Waals surface area contributed by atoms with Gasteiger partial charge in [-0.25, -0.2) is 0 Å². The molecule has 0 nitrogen and oxygen atoms in total. The van der Waals surface area contributed by atoms with Crippen molar-refractivity contribution in [3.63, 3.8) is 0 Å². The first-order chi connectivity index (χ1) is 9.38. The molecule has 0 heterocycles. The standard InChI is InChI=1S/C19H20/c1-2-3-10-18-15-19(18,16-11-6-4-7-12-16)17-13-8-5-9-14-17/h2,4-9,11-14,18H,1,3,10,15H2. The molecule has 96 valence electrons. The van der Waals surface area contributed by atoms with Gasteiger partial charge >= 0.3 is 0 Å². The van der Waals surface area contributed by atoms with Crippen molar-refractivity contribution in [2.75, 3.05) is 0 Å². The second kappa shape index (κ2) is 5.05. The van der Waals surface area contributed by atoms with Crippen molar-refractivity contribution < 1.29 is 0 Å². The van der Waals surface area contributed by atoms with Crippen LogP contribution in [-0.4, -0.2) is 0 Å². The lowest BCUT2D eigenvalue weighted by atomic mass is 9.85. The topological polar surface area (TPSA) is 0 Å². The molecule has 1 unspecified atom stereocenters. The van der Waals surface area contributed by atoms with Crippen LogP contribution in [0.3, 0.4) is 0 Å². The summed E-state index contributed by atoms with van der Waals surface area (Å²) in [5, 5.41) is 0. The SMILES string of the molecule is C=CCCC1CC1(c1ccccc1)c1ccccc1. The molecule has 1 saturated carbocycles. The Morgan fingerprint density at radius 3 is 1.95 bits per heavy atom. The summed E-state index contributed by atoms with van der Waals surface area (Å²) >= 11 is 0. The summed E-state index contributed by atoms with van der Waals surface area (Å²) in [5.41, 5.74) is 3.19. The number of hydrogen-bond donors (Lipinski definition) is 0. The van der Waals surface area contributed by atoms with Crippen molar-refractivity contribution in [2.45, 2.75) is 24.7 Å². The highest BCUT2D eigenvalue weighted by Gasteiger charge is 2.55. The molecular weight excluding hydrogens is 228 g/mol. The first-order valence-electron chi connectivity index (χ1n) is 7.10. The monoisotopic (exact) mass is 248 g/mol. The van der Waals surface area contributed by atoms with Gasteiger partial charge < -0.3 is 0 Å². The van der Waals surface area contributed by atoms with Crippen LogP contribution in [0.1, 0.15) is 30.4 Å². The van der Waals surface area contributed by atoms with Gasteiger partial charge in [0.25, 0.3) is 0 Å². The summed E-state index contributed by atoms with van der Waals surface area (Å²) in [7, 11) is 0. The van der Waals surface area contributed by atoms with Crippen LogP contribution in [0.5, 0.6) is 0 Å². The minimum absolute atomic E-state index is 0.255. The second-order valence-corrected chi connectivity index (χ2v) is 5.47. The van der Waals surface area contributed by atoms with Crippen molar-refractivity contribution in [3.8, 4) is 0 Å². The number of allylic oxidation sites excluding steroid dienone is 1. The Bertz CT molecular complexity index is 499. The van der Waals surface area contributed by atoms with E-state index in [1.807, 2.05) is 6.08 Å². The molecular formula is C19H20. The van der Waals surface area contributed by atoms with Crippen LogP contribution >= 0.6 is 0 Å². The lowest BCUT2D eigenvalue weighted by molar-refractivity contribution is 0.646. The molecule has 19 heavy (non-hydrogen) atoms. The van der Waals surface area contributed by atoms with Crippen molar-refractivity contribution in [1.29, 1.82) is 0 Å². The zero-order valence-electron chi connectivity index (χ0n) is 11.3. The van der Waals surface area contributed by atoms with Gasteiger partial charge in [0.15, 0.2) is 0 Å². The van der Waals surface area contributed by atoms with Crippen LogP contribution in [0.15, 0.2) is 73.3 Å². The van der Waals surface area contributed by atoms with Gasteiger partial charge in [-0.3, -0.25) is 0 Å². The molecule has 0 aliphatic heterocycles. The average Bonchev–Trinajstić information content (AvgIpc) is 3.23. The van der Waals surface area contributed by atoms with E-state index in [0.717, 1.165) is 12.3 Å². The zero-order chi connectivity index (χ0) is 13.1. The molecule has 1 fully saturated rings. The highest BCUT2D eigenvalue weighted by atomic mass is 14.6. The normalized spacial score (nSPS) is 19.9. The lowest BCUT2D eigenvalue weighted by Gasteiger charge is -2.19. The first kappa shape index (κ1) is 12.2. The van der Waals surface area contributed by atoms with E-state index < -0.39 is 0 Å². The highest BCUT2D eigenvalue weighted by Crippen LogP contribution is 2.60. The van der Waals surface area contributed by atoms with Crippen LogP contribution in [0.4, 0.5) is 0 Å². The Kier molecular flexibility index (Phi) is 3.25. The third-order valence-electron chi connectivity index (χ3n) is 4.40. The van der Waals surface area contributed by atoms with E-state index in [4.69, 9.17) is 0 Å². The fourth-order valence-corrected chi connectivity index (χ4v) is 3.34. The molecule has 0 bridgehead atoms. The van der Waals surface area contributed by atoms with Crippen LogP contribution in [0.25, 0.3) is 0 Å². The summed E-state index contributed by atoms with van der Waals surface area (Å²) < 4.78 is 0. The molecule has 0 radical (unpaired) electrons. The molecule has 1 atom stereocenters. The van der Waals surface area contributed by atoms with Gasteiger partial charge in [-0.15, -0.1) is 6.58 Å². The quantitative estimate of drug-likeness (QED) is 0.656. The van der Waals surface area contributed by atoms with Gasteiger partial charge in [-0.05, 0) is 36.3 Å². The van der Waals surface area contributed by atoms with E-state index in [2.05, 4.69) is 67.2 Å². The van der Waals surface area contributed by atoms with Gasteiger partial charge in [-0.2, -0.15) is 0 Å². The second-order valence-electron chi connectivity index (χ2n) is 5.47. The average molecular weight is 248 g/mol. The van der Waals surface area contributed by atoms with Crippen molar-refractivity contribution in [1.82, 2.24) is 0 Å². The van der Waals surface area contributed by atoms with Crippen molar-refractivity contribution >= 4 is 0 Å². The Balaban J connectivity index is 1.97. The Morgan fingerprint density at radius 2 is 1.47 bits per heavy atom. The molecule has 0 aromatic heterocycles. The molecule has 0 saturated heterocycles. The van der Waals surface area contributed by atoms with E-state index in [0.29, 0.717) is 0 Å². The minimum Gasteiger partial charge on any atom is -0.103 e. The molecule has 1 aliphatic carbocycles. The molecule has 0 N–H and O–H groups in total. The summed E-state index contributed by atoms with van der Waals surface area (Å²) in [4.78, 5) is 0. The van der Waals surface area contributed by atoms with E-state index >= 15 is 0 Å². The Morgan fingerprint density at radius 1 is 0.947 bits per heavy atom. The molecule has 0 amide bonds. The Hall–Kier alpha value is -1.82. The Labute approximate surface area is 115 Å². The van der Waals surface area contributed by atoms with Gasteiger partial charge in [0.2, 0.25) is 0 Å². The maximum absolute atomic E-state index is 3.85. The number of rotatable bonds is 5. The molecule has 2 aromatic carbocycles. The predicted octanol–water partition coefficient (Wildman–Crippen LogP) is 4.96. The maximum Gasteiger partial charge on any atom is 0.0234 e. The van der Waals surface area contributed by atoms with Crippen LogP contribution in [0.2, 0.25) is 0 Å². The fraction of sp³-hybridized carbons (Fsp3) is 0.263. The molecule has 2 aromatic rings. The number of benzene rings is 2. The van der Waals surface area contributed by atoms with Gasteiger partial charge in [0.05, 0.1) is 0 Å². The van der Waals surface area contributed by atoms with Gasteiger partial charge in [0.1, 0.15) is 0 Å². The first-order valence-corrected chi connectivity index (χ1v) is 7.10. The summed E-state index contributed by atoms with van der Waals surface area (Å²) in [6, 6.07) is 21.9. The largest absolute Gasteiger partial charge is 0.103 e. The van der Waals surface area contributed by atoms with Crippen LogP contribution < -0.4 is 0 Å². The van der Waals surface area contributed by atoms with E-state index in [1.54, 1.807) is 0 Å². The molecule has 1 aliphatic rings. The minimum atomic E-state index is 0.255. The van der Waals surface area contributed by atoms with Crippen LogP contribution in [0, 0.1) is 5.92 Å². The van der Waals surface area contributed by atoms with Gasteiger partial charge in [-0.1, -0.05) is 66.7 Å². The summed E-state index contributed by atoms with van der Waals surface area (Å²) in [5.74, 6) is 0.760. The highest BCUT2D eigenvalue weighted by molar-refractivity contribution is 5.46. The number of hydrogen-bond acceptors (Lipinski definition) is 0. The van der Waals surface area contributed by atoms with E-state index in [9.17, 15) is 0 Å². The maximum atomic E-state index is 3.85. The van der Waals surface area contributed by atoms with Crippen molar-refractivity contribution in [3.05, 3.63) is 84.4 Å². The lowest BCUT2D eigenvalue weighted by Crippen LogP contribution is -2.12. The van der Waals surface area contributed by atoms with Crippen molar-refractivity contribution in [2.24, 2.45) is 5.92 Å². The van der Waals surface area contributed by atoms with E-state index in [1.165, 1.54) is 24.0 Å². The summed E-state index contributed by atoms with van der Waals surface area (Å²) in [6.45, 7) is 3.85. The summed E-state index contributed by atoms with van der Waals surface area (Å²) in [6.07, 6.45) is 5.67. The predicted molar refractivity (Wildman–Crippen MR) is 81.2 cm³/mol. The van der Waals surface area contributed by atoms with Crippen LogP contribution in [-0.2, 0) is 5.41 Å².